The van der Waals surface area contributed by atoms with Crippen LogP contribution < -0.4 is 5.32 Å². The van der Waals surface area contributed by atoms with Crippen LogP contribution in [0.4, 0.5) is 0 Å². The van der Waals surface area contributed by atoms with Crippen molar-refractivity contribution in [1.82, 2.24) is 5.32 Å². The summed E-state index contributed by atoms with van der Waals surface area (Å²) in [5, 5.41) is 2.91. The average Bonchev–Trinajstić information content (AvgIpc) is 2.29. The highest BCUT2D eigenvalue weighted by Gasteiger charge is 2.09. The zero-order valence-electron chi connectivity index (χ0n) is 11.3. The summed E-state index contributed by atoms with van der Waals surface area (Å²) >= 11 is 7.26. The summed E-state index contributed by atoms with van der Waals surface area (Å²) < 4.78 is 1.58. The standard InChI is InChI=1S/C13H24BrNOS2/c1-4-17-13(18-5-2)8-6-7-12(16)15-10-9-11(3)14/h13H,3-10H2,1-2H3,(H,15,16). The van der Waals surface area contributed by atoms with E-state index in [0.29, 0.717) is 17.5 Å². The summed E-state index contributed by atoms with van der Waals surface area (Å²) in [6.07, 6.45) is 3.53. The highest BCUT2D eigenvalue weighted by Crippen LogP contribution is 2.27. The molecule has 0 rings (SSSR count). The number of carbonyl (C=O) groups is 1. The van der Waals surface area contributed by atoms with Crippen molar-refractivity contribution in [2.45, 2.75) is 44.1 Å². The molecule has 106 valence electrons. The van der Waals surface area contributed by atoms with Gasteiger partial charge < -0.3 is 5.32 Å². The van der Waals surface area contributed by atoms with Crippen LogP contribution in [0.3, 0.4) is 0 Å². The average molecular weight is 354 g/mol. The van der Waals surface area contributed by atoms with E-state index in [2.05, 4.69) is 41.7 Å². The van der Waals surface area contributed by atoms with Gasteiger partial charge in [0.2, 0.25) is 5.91 Å². The van der Waals surface area contributed by atoms with Crippen molar-refractivity contribution < 1.29 is 4.79 Å². The molecule has 0 unspecified atom stereocenters. The van der Waals surface area contributed by atoms with Crippen molar-refractivity contribution in [3.8, 4) is 0 Å². The molecule has 5 heteroatoms. The van der Waals surface area contributed by atoms with E-state index in [9.17, 15) is 4.79 Å². The first-order valence-corrected chi connectivity index (χ1v) is 9.32. The van der Waals surface area contributed by atoms with Crippen LogP contribution in [0.1, 0.15) is 39.5 Å². The number of hydrogen-bond acceptors (Lipinski definition) is 3. The van der Waals surface area contributed by atoms with Gasteiger partial charge in [0.25, 0.3) is 0 Å². The first kappa shape index (κ1) is 18.4. The fourth-order valence-electron chi connectivity index (χ4n) is 1.44. The zero-order valence-corrected chi connectivity index (χ0v) is 14.6. The molecule has 0 aliphatic carbocycles. The van der Waals surface area contributed by atoms with Gasteiger partial charge in [-0.25, -0.2) is 0 Å². The van der Waals surface area contributed by atoms with Gasteiger partial charge in [-0.1, -0.05) is 36.4 Å². The summed E-state index contributed by atoms with van der Waals surface area (Å²) in [5.41, 5.74) is 0. The third kappa shape index (κ3) is 11.5. The van der Waals surface area contributed by atoms with Crippen molar-refractivity contribution in [1.29, 1.82) is 0 Å². The third-order valence-corrected chi connectivity index (χ3v) is 5.36. The maximum absolute atomic E-state index is 11.6. The molecule has 0 fully saturated rings. The molecule has 1 N–H and O–H groups in total. The molecular formula is C13H24BrNOS2. The van der Waals surface area contributed by atoms with Gasteiger partial charge in [0, 0.05) is 13.0 Å². The van der Waals surface area contributed by atoms with Gasteiger partial charge >= 0.3 is 0 Å². The van der Waals surface area contributed by atoms with Gasteiger partial charge in [-0.3, -0.25) is 4.79 Å². The number of hydrogen-bond donors (Lipinski definition) is 1. The third-order valence-electron chi connectivity index (χ3n) is 2.27. The highest BCUT2D eigenvalue weighted by atomic mass is 79.9. The van der Waals surface area contributed by atoms with E-state index in [1.54, 1.807) is 0 Å². The molecule has 0 spiro atoms. The van der Waals surface area contributed by atoms with Crippen LogP contribution in [0.2, 0.25) is 0 Å². The SMILES string of the molecule is C=C(Br)CCNC(=O)CCCC(SCC)SCC. The van der Waals surface area contributed by atoms with Gasteiger partial charge in [-0.15, -0.1) is 23.5 Å². The molecule has 0 aromatic rings. The van der Waals surface area contributed by atoms with Gasteiger partial charge in [0.05, 0.1) is 4.58 Å². The van der Waals surface area contributed by atoms with Gasteiger partial charge in [0.15, 0.2) is 0 Å². The molecule has 0 bridgehead atoms. The van der Waals surface area contributed by atoms with Crippen molar-refractivity contribution in [2.24, 2.45) is 0 Å². The van der Waals surface area contributed by atoms with Gasteiger partial charge in [0.1, 0.15) is 0 Å². The lowest BCUT2D eigenvalue weighted by Crippen LogP contribution is -2.24. The molecule has 2 nitrogen and oxygen atoms in total. The van der Waals surface area contributed by atoms with Gasteiger partial charge in [-0.2, -0.15) is 0 Å². The number of rotatable bonds is 11. The van der Waals surface area contributed by atoms with Crippen LogP contribution in [-0.4, -0.2) is 28.5 Å². The molecule has 18 heavy (non-hydrogen) atoms. The van der Waals surface area contributed by atoms with Gasteiger partial charge in [-0.05, 0) is 35.3 Å². The first-order chi connectivity index (χ1) is 8.60. The quantitative estimate of drug-likeness (QED) is 0.558. The number of nitrogens with one attached hydrogen (secondary N) is 1. The molecule has 1 amide bonds. The molecule has 0 aromatic heterocycles. The molecule has 0 aliphatic rings. The van der Waals surface area contributed by atoms with Crippen LogP contribution in [-0.2, 0) is 4.79 Å². The maximum atomic E-state index is 11.6. The fraction of sp³-hybridized carbons (Fsp3) is 0.769. The minimum atomic E-state index is 0.158. The molecular weight excluding hydrogens is 330 g/mol. The second kappa shape index (κ2) is 12.4. The Hall–Kier alpha value is 0.390. The first-order valence-electron chi connectivity index (χ1n) is 6.43. The lowest BCUT2D eigenvalue weighted by Gasteiger charge is -2.14. The Balaban J connectivity index is 3.61. The summed E-state index contributed by atoms with van der Waals surface area (Å²) in [4.78, 5) is 11.6. The fourth-order valence-corrected chi connectivity index (χ4v) is 4.25. The molecule has 0 saturated carbocycles. The predicted octanol–water partition coefficient (Wildman–Crippen LogP) is 4.40. The summed E-state index contributed by atoms with van der Waals surface area (Å²) in [7, 11) is 0. The monoisotopic (exact) mass is 353 g/mol. The van der Waals surface area contributed by atoms with E-state index in [4.69, 9.17) is 0 Å². The zero-order chi connectivity index (χ0) is 13.8. The minimum absolute atomic E-state index is 0.158. The van der Waals surface area contributed by atoms with E-state index in [1.165, 1.54) is 0 Å². The second-order valence-electron chi connectivity index (χ2n) is 3.85. The van der Waals surface area contributed by atoms with Crippen molar-refractivity contribution in [2.75, 3.05) is 18.1 Å². The van der Waals surface area contributed by atoms with Crippen LogP contribution in [0.15, 0.2) is 11.1 Å². The molecule has 0 atom stereocenters. The summed E-state index contributed by atoms with van der Waals surface area (Å²) in [6, 6.07) is 0. The Kier molecular flexibility index (Phi) is 12.7. The molecule has 0 aromatic carbocycles. The molecule has 0 heterocycles. The number of halogens is 1. The summed E-state index contributed by atoms with van der Waals surface area (Å²) in [6.45, 7) is 8.79. The van der Waals surface area contributed by atoms with Crippen LogP contribution in [0.5, 0.6) is 0 Å². The van der Waals surface area contributed by atoms with Crippen LogP contribution >= 0.6 is 39.5 Å². The lowest BCUT2D eigenvalue weighted by atomic mass is 10.2. The van der Waals surface area contributed by atoms with Crippen LogP contribution in [0, 0.1) is 0 Å². The Morgan fingerprint density at radius 3 is 2.39 bits per heavy atom. The second-order valence-corrected chi connectivity index (χ2v) is 8.23. The Morgan fingerprint density at radius 1 is 1.28 bits per heavy atom. The van der Waals surface area contributed by atoms with E-state index in [0.717, 1.165) is 35.3 Å². The smallest absolute Gasteiger partial charge is 0.220 e. The molecule has 0 saturated heterocycles. The van der Waals surface area contributed by atoms with E-state index in [1.807, 2.05) is 23.5 Å². The van der Waals surface area contributed by atoms with Crippen molar-refractivity contribution in [3.05, 3.63) is 11.1 Å². The lowest BCUT2D eigenvalue weighted by molar-refractivity contribution is -0.121. The largest absolute Gasteiger partial charge is 0.356 e. The molecule has 0 radical (unpaired) electrons. The normalized spacial score (nSPS) is 10.7. The predicted molar refractivity (Wildman–Crippen MR) is 89.6 cm³/mol. The van der Waals surface area contributed by atoms with E-state index in [-0.39, 0.29) is 5.91 Å². The Bertz CT molecular complexity index is 243. The topological polar surface area (TPSA) is 29.1 Å². The maximum Gasteiger partial charge on any atom is 0.220 e. The Morgan fingerprint density at radius 2 is 1.89 bits per heavy atom. The summed E-state index contributed by atoms with van der Waals surface area (Å²) in [5.74, 6) is 2.46. The van der Waals surface area contributed by atoms with Crippen LogP contribution in [0.25, 0.3) is 0 Å². The van der Waals surface area contributed by atoms with Crippen molar-refractivity contribution >= 4 is 45.4 Å². The highest BCUT2D eigenvalue weighted by molar-refractivity contribution is 9.11. The Labute approximate surface area is 128 Å². The number of carbonyl (C=O) groups excluding carboxylic acids is 1. The van der Waals surface area contributed by atoms with E-state index >= 15 is 0 Å². The molecule has 0 aliphatic heterocycles. The van der Waals surface area contributed by atoms with Crippen molar-refractivity contribution in [3.63, 3.8) is 0 Å². The number of amides is 1. The number of thioether (sulfide) groups is 2. The minimum Gasteiger partial charge on any atom is -0.356 e. The van der Waals surface area contributed by atoms with E-state index < -0.39 is 0 Å².